The molecule has 2 heterocycles. The van der Waals surface area contributed by atoms with E-state index in [9.17, 15) is 5.11 Å². The van der Waals surface area contributed by atoms with E-state index in [0.29, 0.717) is 26.1 Å². The van der Waals surface area contributed by atoms with Gasteiger partial charge in [0.2, 0.25) is 11.0 Å². The van der Waals surface area contributed by atoms with Crippen molar-refractivity contribution < 1.29 is 5.11 Å². The Kier molecular flexibility index (Phi) is 5.27. The molecule has 2 aromatic carbocycles. The number of thiocarbonyl (C=S) groups is 1. The molecule has 0 saturated carbocycles. The van der Waals surface area contributed by atoms with Crippen LogP contribution in [0, 0.1) is 0 Å². The van der Waals surface area contributed by atoms with Crippen LogP contribution in [0.25, 0.3) is 22.2 Å². The molecule has 6 nitrogen and oxygen atoms in total. The molecule has 3 N–H and O–H groups in total. The van der Waals surface area contributed by atoms with Crippen LogP contribution in [0.2, 0.25) is 10.0 Å². The highest BCUT2D eigenvalue weighted by Gasteiger charge is 2.11. The van der Waals surface area contributed by atoms with Gasteiger partial charge in [-0.15, -0.1) is 21.6 Å². The van der Waals surface area contributed by atoms with Crippen LogP contribution in [0.3, 0.4) is 0 Å². The van der Waals surface area contributed by atoms with Crippen LogP contribution in [0.4, 0.5) is 10.8 Å². The van der Waals surface area contributed by atoms with Crippen LogP contribution < -0.4 is 5.32 Å². The second-order valence-electron chi connectivity index (χ2n) is 5.69. The fourth-order valence-electron chi connectivity index (χ4n) is 2.53. The van der Waals surface area contributed by atoms with Gasteiger partial charge in [-0.3, -0.25) is 0 Å². The summed E-state index contributed by atoms with van der Waals surface area (Å²) in [5, 5.41) is 25.4. The number of hydrogen-bond acceptors (Lipinski definition) is 5. The number of rotatable bonds is 3. The lowest BCUT2D eigenvalue weighted by molar-refractivity contribution is 0.459. The molecule has 10 heteroatoms. The molecule has 0 aliphatic heterocycles. The molecule has 0 saturated heterocycles. The van der Waals surface area contributed by atoms with Gasteiger partial charge in [-0.25, -0.2) is 4.98 Å². The summed E-state index contributed by atoms with van der Waals surface area (Å²) in [6.45, 7) is 0. The SMILES string of the molecule is Oc1[nH]c2ccc(Cl)cc2c1N=NC(=S)Nc1nc(-c2ccc(Cl)cc2)cs1. The smallest absolute Gasteiger partial charge is 0.220 e. The number of thiazole rings is 1. The van der Waals surface area contributed by atoms with Gasteiger partial charge in [-0.2, -0.15) is 0 Å². The summed E-state index contributed by atoms with van der Waals surface area (Å²) in [5.41, 5.74) is 2.71. The van der Waals surface area contributed by atoms with Crippen LogP contribution in [-0.4, -0.2) is 20.2 Å². The molecule has 0 bridgehead atoms. The summed E-state index contributed by atoms with van der Waals surface area (Å²) < 4.78 is 0. The number of fused-ring (bicyclic) bond motifs is 1. The molecule has 4 aromatic rings. The second-order valence-corrected chi connectivity index (χ2v) is 7.80. The van der Waals surface area contributed by atoms with Gasteiger partial charge >= 0.3 is 0 Å². The minimum absolute atomic E-state index is 0.108. The lowest BCUT2D eigenvalue weighted by Gasteiger charge is -1.98. The van der Waals surface area contributed by atoms with Crippen LogP contribution in [0.1, 0.15) is 0 Å². The zero-order valence-corrected chi connectivity index (χ0v) is 17.1. The van der Waals surface area contributed by atoms with E-state index in [-0.39, 0.29) is 16.7 Å². The minimum Gasteiger partial charge on any atom is -0.493 e. The van der Waals surface area contributed by atoms with E-state index >= 15 is 0 Å². The van der Waals surface area contributed by atoms with Gasteiger partial charge in [-0.05, 0) is 42.5 Å². The Balaban J connectivity index is 1.50. The van der Waals surface area contributed by atoms with Gasteiger partial charge in [0.25, 0.3) is 0 Å². The normalized spacial score (nSPS) is 11.4. The number of hydrogen-bond donors (Lipinski definition) is 3. The van der Waals surface area contributed by atoms with Crippen molar-refractivity contribution in [3.63, 3.8) is 0 Å². The Labute approximate surface area is 178 Å². The van der Waals surface area contributed by atoms with Crippen LogP contribution in [0.5, 0.6) is 5.88 Å². The maximum absolute atomic E-state index is 10.0. The van der Waals surface area contributed by atoms with Crippen LogP contribution in [-0.2, 0) is 0 Å². The zero-order chi connectivity index (χ0) is 19.7. The quantitative estimate of drug-likeness (QED) is 0.238. The first kappa shape index (κ1) is 18.8. The van der Waals surface area contributed by atoms with Gasteiger partial charge < -0.3 is 15.4 Å². The molecule has 140 valence electrons. The van der Waals surface area contributed by atoms with Gasteiger partial charge in [0.15, 0.2) is 10.8 Å². The Morgan fingerprint density at radius 1 is 1.14 bits per heavy atom. The van der Waals surface area contributed by atoms with E-state index in [2.05, 4.69) is 25.5 Å². The number of H-pyrrole nitrogens is 1. The van der Waals surface area contributed by atoms with Crippen molar-refractivity contribution in [2.75, 3.05) is 5.32 Å². The summed E-state index contributed by atoms with van der Waals surface area (Å²) in [5.74, 6) is -0.108. The Bertz CT molecular complexity index is 1200. The third-order valence-corrected chi connectivity index (χ3v) is 5.24. The summed E-state index contributed by atoms with van der Waals surface area (Å²) in [4.78, 5) is 7.29. The fourth-order valence-corrected chi connectivity index (χ4v) is 3.75. The van der Waals surface area contributed by atoms with E-state index in [4.69, 9.17) is 35.4 Å². The summed E-state index contributed by atoms with van der Waals surface area (Å²) >= 11 is 18.5. The van der Waals surface area contributed by atoms with E-state index in [1.54, 1.807) is 18.2 Å². The molecule has 0 aliphatic rings. The Morgan fingerprint density at radius 3 is 2.68 bits per heavy atom. The first-order valence-electron chi connectivity index (χ1n) is 7.94. The van der Waals surface area contributed by atoms with Crippen molar-refractivity contribution >= 4 is 73.6 Å². The third kappa shape index (κ3) is 4.00. The highest BCUT2D eigenvalue weighted by atomic mass is 35.5. The van der Waals surface area contributed by atoms with Gasteiger partial charge in [0, 0.05) is 26.4 Å². The Morgan fingerprint density at radius 2 is 1.89 bits per heavy atom. The summed E-state index contributed by atoms with van der Waals surface area (Å²) in [7, 11) is 0. The van der Waals surface area contributed by atoms with Gasteiger partial charge in [-0.1, -0.05) is 35.3 Å². The summed E-state index contributed by atoms with van der Waals surface area (Å²) in [6.07, 6.45) is 0. The number of aromatic amines is 1. The van der Waals surface area contributed by atoms with Crippen molar-refractivity contribution in [1.29, 1.82) is 0 Å². The number of halogens is 2. The molecule has 28 heavy (non-hydrogen) atoms. The lowest BCUT2D eigenvalue weighted by atomic mass is 10.2. The first-order chi connectivity index (χ1) is 13.5. The number of nitrogens with one attached hydrogen (secondary N) is 2. The van der Waals surface area contributed by atoms with Crippen molar-refractivity contribution in [2.24, 2.45) is 10.2 Å². The van der Waals surface area contributed by atoms with E-state index < -0.39 is 0 Å². The molecule has 0 atom stereocenters. The highest BCUT2D eigenvalue weighted by Crippen LogP contribution is 2.36. The van der Waals surface area contributed by atoms with Crippen molar-refractivity contribution in [3.05, 3.63) is 57.9 Å². The molecule has 0 spiro atoms. The second kappa shape index (κ2) is 7.84. The standard InChI is InChI=1S/C18H11Cl2N5OS2/c19-10-3-1-9(2-4-10)14-8-28-18(22-14)23-17(27)25-24-15-12-7-11(20)5-6-13(12)21-16(15)26/h1-8,21,26H,(H,22,23,27). The summed E-state index contributed by atoms with van der Waals surface area (Å²) in [6, 6.07) is 12.6. The zero-order valence-electron chi connectivity index (χ0n) is 14.0. The molecular weight excluding hydrogens is 437 g/mol. The maximum atomic E-state index is 10.0. The van der Waals surface area contributed by atoms with Crippen molar-refractivity contribution in [2.45, 2.75) is 0 Å². The average Bonchev–Trinajstić information content (AvgIpc) is 3.24. The molecule has 0 unspecified atom stereocenters. The third-order valence-electron chi connectivity index (χ3n) is 3.81. The van der Waals surface area contributed by atoms with Crippen molar-refractivity contribution in [3.8, 4) is 17.1 Å². The fraction of sp³-hybridized carbons (Fsp3) is 0. The largest absolute Gasteiger partial charge is 0.493 e. The van der Waals surface area contributed by atoms with E-state index in [1.807, 2.05) is 29.6 Å². The van der Waals surface area contributed by atoms with Gasteiger partial charge in [0.1, 0.15) is 0 Å². The first-order valence-corrected chi connectivity index (χ1v) is 9.98. The number of anilines is 1. The van der Waals surface area contributed by atoms with E-state index in [1.165, 1.54) is 11.3 Å². The lowest BCUT2D eigenvalue weighted by Crippen LogP contribution is -2.04. The molecule has 0 fully saturated rings. The predicted molar refractivity (Wildman–Crippen MR) is 118 cm³/mol. The predicted octanol–water partition coefficient (Wildman–Crippen LogP) is 6.78. The van der Waals surface area contributed by atoms with Crippen LogP contribution in [0.15, 0.2) is 58.1 Å². The number of azo groups is 1. The molecule has 0 amide bonds. The molecular formula is C18H11Cl2N5OS2. The maximum Gasteiger partial charge on any atom is 0.220 e. The highest BCUT2D eigenvalue weighted by molar-refractivity contribution is 7.80. The molecule has 0 radical (unpaired) electrons. The number of nitrogens with zero attached hydrogens (tertiary/aromatic N) is 3. The van der Waals surface area contributed by atoms with Gasteiger partial charge in [0.05, 0.1) is 11.2 Å². The number of benzene rings is 2. The monoisotopic (exact) mass is 447 g/mol. The molecule has 2 aromatic heterocycles. The minimum atomic E-state index is -0.108. The topological polar surface area (TPSA) is 85.7 Å². The average molecular weight is 448 g/mol. The number of aromatic hydroxyl groups is 1. The van der Waals surface area contributed by atoms with Crippen molar-refractivity contribution in [1.82, 2.24) is 9.97 Å². The number of aromatic nitrogens is 2. The molecule has 4 rings (SSSR count). The molecule has 0 aliphatic carbocycles. The van der Waals surface area contributed by atoms with E-state index in [0.717, 1.165) is 11.3 Å². The van der Waals surface area contributed by atoms with Crippen LogP contribution >= 0.6 is 46.8 Å². The Hall–Kier alpha value is -2.52.